The molecule has 132 valence electrons. The molecule has 0 unspecified atom stereocenters. The van der Waals surface area contributed by atoms with Crippen molar-refractivity contribution >= 4 is 17.5 Å². The zero-order valence-corrected chi connectivity index (χ0v) is 15.1. The number of aryl methyl sites for hydroxylation is 2. The molecule has 6 heteroatoms. The van der Waals surface area contributed by atoms with Gasteiger partial charge in [0.15, 0.2) is 0 Å². The highest BCUT2D eigenvalue weighted by molar-refractivity contribution is 5.99. The molecular formula is C19H24N4O2. The monoisotopic (exact) mass is 340 g/mol. The van der Waals surface area contributed by atoms with E-state index in [1.54, 1.807) is 19.0 Å². The minimum absolute atomic E-state index is 0.0263. The molecule has 1 N–H and O–H groups in total. The predicted octanol–water partition coefficient (Wildman–Crippen LogP) is 2.21. The first-order valence-electron chi connectivity index (χ1n) is 8.47. The number of carbonyl (C=O) groups is 2. The first-order valence-corrected chi connectivity index (χ1v) is 8.47. The summed E-state index contributed by atoms with van der Waals surface area (Å²) in [7, 11) is 3.44. The van der Waals surface area contributed by atoms with Gasteiger partial charge < -0.3 is 10.2 Å². The lowest BCUT2D eigenvalue weighted by atomic mass is 10.2. The van der Waals surface area contributed by atoms with Gasteiger partial charge in [-0.2, -0.15) is 5.10 Å². The Balaban J connectivity index is 1.63. The van der Waals surface area contributed by atoms with Gasteiger partial charge >= 0.3 is 0 Å². The third-order valence-electron chi connectivity index (χ3n) is 4.52. The molecule has 0 aliphatic heterocycles. The van der Waals surface area contributed by atoms with E-state index in [4.69, 9.17) is 0 Å². The first kappa shape index (κ1) is 17.2. The zero-order valence-electron chi connectivity index (χ0n) is 15.1. The lowest BCUT2D eigenvalue weighted by molar-refractivity contribution is -0.131. The third-order valence-corrected chi connectivity index (χ3v) is 4.52. The van der Waals surface area contributed by atoms with Crippen molar-refractivity contribution in [2.75, 3.05) is 19.4 Å². The summed E-state index contributed by atoms with van der Waals surface area (Å²) in [5.74, 6) is -0.440. The number of benzene rings is 1. The summed E-state index contributed by atoms with van der Waals surface area (Å²) in [5, 5.41) is 7.40. The number of rotatable bonds is 5. The van der Waals surface area contributed by atoms with Gasteiger partial charge in [-0.1, -0.05) is 12.1 Å². The Kier molecular flexibility index (Phi) is 4.61. The Hall–Kier alpha value is -2.63. The van der Waals surface area contributed by atoms with Crippen LogP contribution < -0.4 is 5.32 Å². The molecule has 2 aromatic rings. The van der Waals surface area contributed by atoms with Crippen molar-refractivity contribution in [3.05, 3.63) is 47.3 Å². The highest BCUT2D eigenvalue weighted by Crippen LogP contribution is 2.40. The van der Waals surface area contributed by atoms with Crippen LogP contribution in [0.5, 0.6) is 0 Å². The minimum Gasteiger partial charge on any atom is -0.349 e. The number of anilines is 1. The van der Waals surface area contributed by atoms with Gasteiger partial charge in [0.1, 0.15) is 0 Å². The van der Waals surface area contributed by atoms with Crippen LogP contribution in [0.25, 0.3) is 0 Å². The second-order valence-electron chi connectivity index (χ2n) is 6.96. The van der Waals surface area contributed by atoms with E-state index in [1.165, 1.54) is 0 Å². The number of amides is 2. The van der Waals surface area contributed by atoms with Crippen molar-refractivity contribution in [2.45, 2.75) is 26.8 Å². The van der Waals surface area contributed by atoms with Crippen molar-refractivity contribution in [3.63, 3.8) is 0 Å². The smallest absolute Gasteiger partial charge is 0.228 e. The van der Waals surface area contributed by atoms with Crippen molar-refractivity contribution in [1.29, 1.82) is 0 Å². The Bertz CT molecular complexity index is 810. The van der Waals surface area contributed by atoms with E-state index in [2.05, 4.69) is 10.4 Å². The van der Waals surface area contributed by atoms with E-state index >= 15 is 0 Å². The Labute approximate surface area is 147 Å². The van der Waals surface area contributed by atoms with Crippen molar-refractivity contribution in [3.8, 4) is 0 Å². The Morgan fingerprint density at radius 3 is 2.64 bits per heavy atom. The maximum atomic E-state index is 12.3. The van der Waals surface area contributed by atoms with Gasteiger partial charge in [0.25, 0.3) is 0 Å². The van der Waals surface area contributed by atoms with Gasteiger partial charge in [-0.05, 0) is 44.0 Å². The molecule has 3 rings (SSSR count). The van der Waals surface area contributed by atoms with Crippen molar-refractivity contribution in [1.82, 2.24) is 14.7 Å². The minimum atomic E-state index is -0.213. The summed E-state index contributed by atoms with van der Waals surface area (Å²) in [5.41, 5.74) is 3.93. The summed E-state index contributed by atoms with van der Waals surface area (Å²) in [6, 6.07) is 9.81. The fourth-order valence-corrected chi connectivity index (χ4v) is 3.08. The number of aromatic nitrogens is 2. The molecule has 1 heterocycles. The number of carbonyl (C=O) groups excluding carboxylic acids is 2. The topological polar surface area (TPSA) is 67.2 Å². The summed E-state index contributed by atoms with van der Waals surface area (Å²) in [6.45, 7) is 4.66. The number of hydrogen-bond acceptors (Lipinski definition) is 3. The molecular weight excluding hydrogens is 316 g/mol. The largest absolute Gasteiger partial charge is 0.349 e. The van der Waals surface area contributed by atoms with Crippen LogP contribution in [0.1, 0.15) is 23.4 Å². The molecule has 1 aliphatic rings. The average Bonchev–Trinajstić information content (AvgIpc) is 3.28. The molecule has 2 atom stereocenters. The molecule has 1 saturated carbocycles. The fraction of sp³-hybridized carbons (Fsp3) is 0.421. The van der Waals surface area contributed by atoms with Crippen LogP contribution in [0.2, 0.25) is 0 Å². The van der Waals surface area contributed by atoms with Crippen molar-refractivity contribution in [2.24, 2.45) is 11.8 Å². The second kappa shape index (κ2) is 6.70. The van der Waals surface area contributed by atoms with Gasteiger partial charge in [0, 0.05) is 25.5 Å². The van der Waals surface area contributed by atoms with E-state index in [1.807, 2.05) is 48.9 Å². The second-order valence-corrected chi connectivity index (χ2v) is 6.96. The normalized spacial score (nSPS) is 18.7. The van der Waals surface area contributed by atoms with Crippen LogP contribution in [0, 0.1) is 25.7 Å². The average molecular weight is 340 g/mol. The summed E-state index contributed by atoms with van der Waals surface area (Å²) < 4.78 is 1.95. The molecule has 1 fully saturated rings. The first-order chi connectivity index (χ1) is 11.8. The van der Waals surface area contributed by atoms with Gasteiger partial charge in [0.05, 0.1) is 24.1 Å². The predicted molar refractivity (Wildman–Crippen MR) is 96.2 cm³/mol. The zero-order chi connectivity index (χ0) is 18.1. The molecule has 0 saturated heterocycles. The summed E-state index contributed by atoms with van der Waals surface area (Å²) >= 11 is 0. The fourth-order valence-electron chi connectivity index (χ4n) is 3.08. The van der Waals surface area contributed by atoms with Crippen molar-refractivity contribution < 1.29 is 9.59 Å². The van der Waals surface area contributed by atoms with Crippen LogP contribution in [-0.4, -0.2) is 40.6 Å². The molecule has 0 radical (unpaired) electrons. The summed E-state index contributed by atoms with van der Waals surface area (Å²) in [4.78, 5) is 25.8. The molecule has 1 aromatic heterocycles. The molecule has 0 spiro atoms. The quantitative estimate of drug-likeness (QED) is 0.907. The number of hydrogen-bond donors (Lipinski definition) is 1. The maximum Gasteiger partial charge on any atom is 0.228 e. The maximum absolute atomic E-state index is 12.3. The highest BCUT2D eigenvalue weighted by Gasteiger charge is 2.48. The lowest BCUT2D eigenvalue weighted by Gasteiger charge is -2.10. The van der Waals surface area contributed by atoms with Crippen LogP contribution in [-0.2, 0) is 16.1 Å². The SMILES string of the molecule is Cc1cc(C)n(Cc2cccc(NC(=O)[C@H]3C[C@H]3C(=O)N(C)C)c2)n1. The highest BCUT2D eigenvalue weighted by atomic mass is 16.2. The van der Waals surface area contributed by atoms with E-state index in [0.29, 0.717) is 13.0 Å². The Morgan fingerprint density at radius 1 is 1.24 bits per heavy atom. The third kappa shape index (κ3) is 3.90. The van der Waals surface area contributed by atoms with Crippen LogP contribution in [0.15, 0.2) is 30.3 Å². The van der Waals surface area contributed by atoms with E-state index < -0.39 is 0 Å². The van der Waals surface area contributed by atoms with Gasteiger partial charge in [-0.25, -0.2) is 0 Å². The van der Waals surface area contributed by atoms with Gasteiger partial charge in [-0.15, -0.1) is 0 Å². The number of nitrogens with zero attached hydrogens (tertiary/aromatic N) is 3. The van der Waals surface area contributed by atoms with Crippen LogP contribution in [0.3, 0.4) is 0 Å². The standard InChI is InChI=1S/C19H24N4O2/c1-12-8-13(2)23(21-12)11-14-6-5-7-15(9-14)20-18(24)16-10-17(16)19(25)22(3)4/h5-9,16-17H,10-11H2,1-4H3,(H,20,24)/t16-,17+/m0/s1. The molecule has 2 amide bonds. The van der Waals surface area contributed by atoms with Crippen LogP contribution in [0.4, 0.5) is 5.69 Å². The molecule has 0 bridgehead atoms. The molecule has 25 heavy (non-hydrogen) atoms. The van der Waals surface area contributed by atoms with E-state index in [-0.39, 0.29) is 23.7 Å². The Morgan fingerprint density at radius 2 is 2.00 bits per heavy atom. The van der Waals surface area contributed by atoms with E-state index in [0.717, 1.165) is 22.6 Å². The van der Waals surface area contributed by atoms with E-state index in [9.17, 15) is 9.59 Å². The van der Waals surface area contributed by atoms with Crippen LogP contribution >= 0.6 is 0 Å². The number of nitrogens with one attached hydrogen (secondary N) is 1. The molecule has 1 aliphatic carbocycles. The lowest BCUT2D eigenvalue weighted by Crippen LogP contribution is -2.26. The molecule has 1 aromatic carbocycles. The van der Waals surface area contributed by atoms with Gasteiger partial charge in [-0.3, -0.25) is 14.3 Å². The summed E-state index contributed by atoms with van der Waals surface area (Å²) in [6.07, 6.45) is 0.633. The molecule has 6 nitrogen and oxygen atoms in total. The van der Waals surface area contributed by atoms with Gasteiger partial charge in [0.2, 0.25) is 11.8 Å².